The number of aromatic nitrogens is 1. The van der Waals surface area contributed by atoms with Gasteiger partial charge in [-0.15, -0.1) is 0 Å². The minimum Gasteiger partial charge on any atom is -0.478 e. The average Bonchev–Trinajstić information content (AvgIpc) is 2.70. The molecule has 0 fully saturated rings. The van der Waals surface area contributed by atoms with Crippen LogP contribution in [0.25, 0.3) is 0 Å². The van der Waals surface area contributed by atoms with Crippen LogP contribution in [0.4, 0.5) is 0 Å². The van der Waals surface area contributed by atoms with Crippen molar-refractivity contribution >= 4 is 39.2 Å². The Kier molecular flexibility index (Phi) is 6.54. The second-order valence-electron chi connectivity index (χ2n) is 6.17. The Morgan fingerprint density at radius 3 is 2.28 bits per heavy atom. The molecule has 9 heteroatoms. The van der Waals surface area contributed by atoms with Gasteiger partial charge in [-0.1, -0.05) is 41.4 Å². The molecule has 0 radical (unpaired) electrons. The second kappa shape index (κ2) is 8.92. The number of carbonyl (C=O) groups is 1. The van der Waals surface area contributed by atoms with Crippen LogP contribution < -0.4 is 0 Å². The summed E-state index contributed by atoms with van der Waals surface area (Å²) in [7, 11) is -3.93. The minimum atomic E-state index is -3.93. The number of carboxylic acids is 1. The number of nitrogens with zero attached hydrogens (tertiary/aromatic N) is 2. The van der Waals surface area contributed by atoms with Crippen LogP contribution in [-0.2, 0) is 23.1 Å². The third-order valence-corrected chi connectivity index (χ3v) is 6.68. The Bertz CT molecular complexity index is 1120. The Labute approximate surface area is 178 Å². The molecule has 1 N–H and O–H groups in total. The maximum absolute atomic E-state index is 13.3. The Hall–Kier alpha value is -2.45. The molecule has 6 nitrogen and oxygen atoms in total. The van der Waals surface area contributed by atoms with E-state index in [0.717, 1.165) is 0 Å². The van der Waals surface area contributed by atoms with Crippen LogP contribution in [0, 0.1) is 0 Å². The summed E-state index contributed by atoms with van der Waals surface area (Å²) in [6, 6.07) is 15.4. The van der Waals surface area contributed by atoms with Crippen LogP contribution in [0.5, 0.6) is 0 Å². The predicted octanol–water partition coefficient (Wildman–Crippen LogP) is 4.48. The molecule has 0 bridgehead atoms. The van der Waals surface area contributed by atoms with Gasteiger partial charge in [0.15, 0.2) is 0 Å². The van der Waals surface area contributed by atoms with E-state index in [9.17, 15) is 13.2 Å². The first-order chi connectivity index (χ1) is 13.8. The molecular weight excluding hydrogens is 435 g/mol. The van der Waals surface area contributed by atoms with Gasteiger partial charge in [0, 0.05) is 12.7 Å². The van der Waals surface area contributed by atoms with Gasteiger partial charge >= 0.3 is 5.97 Å². The molecule has 0 aliphatic heterocycles. The largest absolute Gasteiger partial charge is 0.478 e. The number of pyridine rings is 1. The van der Waals surface area contributed by atoms with E-state index in [1.807, 2.05) is 0 Å². The van der Waals surface area contributed by atoms with E-state index in [4.69, 9.17) is 28.3 Å². The predicted molar refractivity (Wildman–Crippen MR) is 111 cm³/mol. The summed E-state index contributed by atoms with van der Waals surface area (Å²) >= 11 is 11.9. The van der Waals surface area contributed by atoms with Crippen molar-refractivity contribution in [2.45, 2.75) is 18.0 Å². The van der Waals surface area contributed by atoms with Gasteiger partial charge in [0.05, 0.1) is 32.7 Å². The van der Waals surface area contributed by atoms with Crippen molar-refractivity contribution in [3.63, 3.8) is 0 Å². The summed E-state index contributed by atoms with van der Waals surface area (Å²) in [5.74, 6) is -1.05. The van der Waals surface area contributed by atoms with E-state index in [2.05, 4.69) is 4.98 Å². The van der Waals surface area contributed by atoms with Crippen LogP contribution in [0.2, 0.25) is 10.0 Å². The quantitative estimate of drug-likeness (QED) is 0.573. The lowest BCUT2D eigenvalue weighted by atomic mass is 10.1. The maximum atomic E-state index is 13.3. The molecule has 0 aliphatic rings. The third kappa shape index (κ3) is 5.13. The van der Waals surface area contributed by atoms with Crippen LogP contribution in [0.15, 0.2) is 71.8 Å². The van der Waals surface area contributed by atoms with Crippen LogP contribution in [-0.4, -0.2) is 28.8 Å². The maximum Gasteiger partial charge on any atom is 0.335 e. The van der Waals surface area contributed by atoms with Gasteiger partial charge in [0.25, 0.3) is 0 Å². The normalized spacial score (nSPS) is 11.6. The number of benzene rings is 2. The molecule has 0 spiro atoms. The summed E-state index contributed by atoms with van der Waals surface area (Å²) in [6.45, 7) is 0.0587. The topological polar surface area (TPSA) is 87.6 Å². The van der Waals surface area contributed by atoms with E-state index in [1.54, 1.807) is 36.5 Å². The van der Waals surface area contributed by atoms with Gasteiger partial charge in [0.2, 0.25) is 10.0 Å². The van der Waals surface area contributed by atoms with Gasteiger partial charge in [-0.05, 0) is 48.0 Å². The summed E-state index contributed by atoms with van der Waals surface area (Å²) in [6.07, 6.45) is 1.58. The van der Waals surface area contributed by atoms with E-state index in [1.165, 1.54) is 34.6 Å². The molecule has 3 rings (SSSR count). The molecule has 0 saturated carbocycles. The van der Waals surface area contributed by atoms with Crippen molar-refractivity contribution in [2.24, 2.45) is 0 Å². The molecular formula is C20H16Cl2N2O4S. The second-order valence-corrected chi connectivity index (χ2v) is 8.92. The van der Waals surface area contributed by atoms with Crippen molar-refractivity contribution in [3.8, 4) is 0 Å². The van der Waals surface area contributed by atoms with Gasteiger partial charge in [-0.25, -0.2) is 13.2 Å². The van der Waals surface area contributed by atoms with E-state index < -0.39 is 16.0 Å². The van der Waals surface area contributed by atoms with Crippen molar-refractivity contribution in [3.05, 3.63) is 93.7 Å². The fraction of sp³-hybridized carbons (Fsp3) is 0.100. The minimum absolute atomic E-state index is 0.00462. The molecule has 0 unspecified atom stereocenters. The van der Waals surface area contributed by atoms with Crippen LogP contribution in [0.1, 0.15) is 21.6 Å². The summed E-state index contributed by atoms with van der Waals surface area (Å²) in [5.41, 5.74) is 1.32. The third-order valence-electron chi connectivity index (χ3n) is 4.15. The SMILES string of the molecule is O=C(O)c1ccc(CN(Cc2ccccn2)S(=O)(=O)c2ccc(Cl)c(Cl)c2)cc1. The Morgan fingerprint density at radius 2 is 1.69 bits per heavy atom. The number of carboxylic acid groups (broad SMARTS) is 1. The summed E-state index contributed by atoms with van der Waals surface area (Å²) in [5, 5.41) is 9.43. The highest BCUT2D eigenvalue weighted by Crippen LogP contribution is 2.28. The molecule has 0 aliphatic carbocycles. The average molecular weight is 451 g/mol. The molecule has 29 heavy (non-hydrogen) atoms. The van der Waals surface area contributed by atoms with Gasteiger partial charge < -0.3 is 5.11 Å². The van der Waals surface area contributed by atoms with Crippen molar-refractivity contribution in [1.29, 1.82) is 0 Å². The van der Waals surface area contributed by atoms with Crippen LogP contribution in [0.3, 0.4) is 0 Å². The highest BCUT2D eigenvalue weighted by molar-refractivity contribution is 7.89. The Morgan fingerprint density at radius 1 is 0.966 bits per heavy atom. The van der Waals surface area contributed by atoms with Crippen molar-refractivity contribution in [1.82, 2.24) is 9.29 Å². The summed E-state index contributed by atoms with van der Waals surface area (Å²) in [4.78, 5) is 15.3. The fourth-order valence-electron chi connectivity index (χ4n) is 2.64. The standard InChI is InChI=1S/C20H16Cl2N2O4S/c21-18-9-8-17(11-19(18)22)29(27,28)24(13-16-3-1-2-10-23-16)12-14-4-6-15(7-5-14)20(25)26/h1-11H,12-13H2,(H,25,26). The molecule has 150 valence electrons. The van der Waals surface area contributed by atoms with Gasteiger partial charge in [0.1, 0.15) is 0 Å². The smallest absolute Gasteiger partial charge is 0.335 e. The van der Waals surface area contributed by atoms with Crippen LogP contribution >= 0.6 is 23.2 Å². The first-order valence-electron chi connectivity index (χ1n) is 8.45. The summed E-state index contributed by atoms with van der Waals surface area (Å²) < 4.78 is 27.8. The molecule has 1 heterocycles. The number of aromatic carboxylic acids is 1. The molecule has 1 aromatic heterocycles. The van der Waals surface area contributed by atoms with E-state index >= 15 is 0 Å². The van der Waals surface area contributed by atoms with E-state index in [-0.39, 0.29) is 33.6 Å². The van der Waals surface area contributed by atoms with E-state index in [0.29, 0.717) is 11.3 Å². The molecule has 0 saturated heterocycles. The molecule has 0 atom stereocenters. The number of halogens is 2. The monoisotopic (exact) mass is 450 g/mol. The lowest BCUT2D eigenvalue weighted by Crippen LogP contribution is -2.30. The zero-order valence-corrected chi connectivity index (χ0v) is 17.3. The number of sulfonamides is 1. The fourth-order valence-corrected chi connectivity index (χ4v) is 4.43. The highest BCUT2D eigenvalue weighted by Gasteiger charge is 2.26. The number of hydrogen-bond donors (Lipinski definition) is 1. The number of rotatable bonds is 7. The van der Waals surface area contributed by atoms with Gasteiger partial charge in [-0.3, -0.25) is 4.98 Å². The first kappa shape index (κ1) is 21.3. The Balaban J connectivity index is 1.97. The highest BCUT2D eigenvalue weighted by atomic mass is 35.5. The van der Waals surface area contributed by atoms with Gasteiger partial charge in [-0.2, -0.15) is 4.31 Å². The lowest BCUT2D eigenvalue weighted by Gasteiger charge is -2.22. The molecule has 2 aromatic carbocycles. The zero-order chi connectivity index (χ0) is 21.0. The molecule has 3 aromatic rings. The van der Waals surface area contributed by atoms with Crippen molar-refractivity contribution < 1.29 is 18.3 Å². The number of hydrogen-bond acceptors (Lipinski definition) is 4. The van der Waals surface area contributed by atoms with Crippen molar-refractivity contribution in [2.75, 3.05) is 0 Å². The molecule has 0 amide bonds. The first-order valence-corrected chi connectivity index (χ1v) is 10.6. The zero-order valence-electron chi connectivity index (χ0n) is 15.0. The lowest BCUT2D eigenvalue weighted by molar-refractivity contribution is 0.0697.